The van der Waals surface area contributed by atoms with Crippen molar-refractivity contribution in [3.8, 4) is 17.2 Å². The van der Waals surface area contributed by atoms with Crippen LogP contribution in [0.25, 0.3) is 23.3 Å². The number of nitrogens with zero attached hydrogens (tertiary/aromatic N) is 4. The molecule has 0 saturated carbocycles. The number of rotatable bonds is 5. The number of hydrogen-bond donors (Lipinski definition) is 0. The molecule has 10 heteroatoms. The van der Waals surface area contributed by atoms with E-state index in [0.717, 1.165) is 4.57 Å². The topological polar surface area (TPSA) is 107 Å². The zero-order chi connectivity index (χ0) is 22.2. The average Bonchev–Trinajstić information content (AvgIpc) is 3.05. The normalized spacial score (nSPS) is 11.3. The summed E-state index contributed by atoms with van der Waals surface area (Å²) in [4.78, 5) is 40.4. The first-order chi connectivity index (χ1) is 14.2. The van der Waals surface area contributed by atoms with E-state index in [0.29, 0.717) is 34.1 Å². The monoisotopic (exact) mass is 414 g/mol. The first-order valence-corrected chi connectivity index (χ1v) is 8.94. The van der Waals surface area contributed by atoms with Gasteiger partial charge in [-0.3, -0.25) is 18.7 Å². The molecule has 10 nitrogen and oxygen atoms in total. The molecule has 158 valence electrons. The third-order valence-corrected chi connectivity index (χ3v) is 4.66. The molecule has 0 amide bonds. The highest BCUT2D eigenvalue weighted by molar-refractivity contribution is 5.78. The van der Waals surface area contributed by atoms with Crippen molar-refractivity contribution in [1.29, 1.82) is 0 Å². The maximum Gasteiger partial charge on any atom is 0.332 e. The number of fused-ring (bicyclic) bond motifs is 1. The summed E-state index contributed by atoms with van der Waals surface area (Å²) in [5.41, 5.74) is 0.437. The lowest BCUT2D eigenvalue weighted by atomic mass is 10.1. The quantitative estimate of drug-likeness (QED) is 0.454. The van der Waals surface area contributed by atoms with Crippen LogP contribution in [0.2, 0.25) is 0 Å². The van der Waals surface area contributed by atoms with Gasteiger partial charge in [-0.1, -0.05) is 6.08 Å². The molecule has 2 heterocycles. The van der Waals surface area contributed by atoms with Crippen LogP contribution in [0.5, 0.6) is 17.2 Å². The largest absolute Gasteiger partial charge is 0.493 e. The number of benzene rings is 1. The lowest BCUT2D eigenvalue weighted by Crippen LogP contribution is -2.37. The Kier molecular flexibility index (Phi) is 5.50. The molecule has 0 saturated heterocycles. The van der Waals surface area contributed by atoms with E-state index in [9.17, 15) is 14.4 Å². The summed E-state index contributed by atoms with van der Waals surface area (Å²) in [7, 11) is 7.60. The second-order valence-electron chi connectivity index (χ2n) is 6.59. The molecule has 0 aliphatic rings. The van der Waals surface area contributed by atoms with Crippen molar-refractivity contribution < 1.29 is 19.0 Å². The van der Waals surface area contributed by atoms with Gasteiger partial charge in [-0.15, -0.1) is 0 Å². The molecule has 3 aromatic rings. The van der Waals surface area contributed by atoms with Crippen LogP contribution in [-0.4, -0.2) is 38.9 Å². The zero-order valence-corrected chi connectivity index (χ0v) is 17.5. The number of imidazole rings is 1. The van der Waals surface area contributed by atoms with Gasteiger partial charge in [0, 0.05) is 28.1 Å². The molecular formula is C20H22N4O6. The highest BCUT2D eigenvalue weighted by Crippen LogP contribution is 2.39. The van der Waals surface area contributed by atoms with Crippen LogP contribution in [-0.2, 0) is 25.9 Å². The fraction of sp³-hybridized carbons (Fsp3) is 0.300. The first-order valence-electron chi connectivity index (χ1n) is 8.94. The highest BCUT2D eigenvalue weighted by Gasteiger charge is 2.17. The van der Waals surface area contributed by atoms with Crippen LogP contribution in [0, 0.1) is 0 Å². The minimum atomic E-state index is -0.498. The summed E-state index contributed by atoms with van der Waals surface area (Å²) in [5, 5.41) is 0. The van der Waals surface area contributed by atoms with Crippen LogP contribution < -0.4 is 25.5 Å². The number of aryl methyl sites for hydroxylation is 2. The van der Waals surface area contributed by atoms with Crippen LogP contribution in [0.4, 0.5) is 0 Å². The van der Waals surface area contributed by atoms with Crippen LogP contribution in [0.15, 0.2) is 21.7 Å². The molecule has 0 unspecified atom stereocenters. The van der Waals surface area contributed by atoms with Gasteiger partial charge in [0.1, 0.15) is 5.82 Å². The lowest BCUT2D eigenvalue weighted by molar-refractivity contribution is -0.132. The smallest absolute Gasteiger partial charge is 0.332 e. The lowest BCUT2D eigenvalue weighted by Gasteiger charge is -2.13. The first kappa shape index (κ1) is 20.9. The third-order valence-electron chi connectivity index (χ3n) is 4.66. The number of hydrogen-bond acceptors (Lipinski definition) is 7. The Morgan fingerprint density at radius 2 is 1.57 bits per heavy atom. The molecule has 0 aliphatic carbocycles. The average molecular weight is 414 g/mol. The van der Waals surface area contributed by atoms with Gasteiger partial charge >= 0.3 is 11.7 Å². The number of aromatic nitrogens is 4. The van der Waals surface area contributed by atoms with Gasteiger partial charge < -0.3 is 18.8 Å². The molecule has 0 radical (unpaired) electrons. The fourth-order valence-electron chi connectivity index (χ4n) is 3.10. The summed E-state index contributed by atoms with van der Waals surface area (Å²) < 4.78 is 19.8. The SMILES string of the molecule is COc1cc(/C=C/c2nc3c(c(=O)n(C)c(=O)n3C)n2C)cc(OC)c1OC(C)=O. The van der Waals surface area contributed by atoms with E-state index in [-0.39, 0.29) is 5.75 Å². The van der Waals surface area contributed by atoms with Gasteiger partial charge in [0.15, 0.2) is 22.7 Å². The molecule has 1 aromatic carbocycles. The summed E-state index contributed by atoms with van der Waals surface area (Å²) in [6.45, 7) is 1.29. The van der Waals surface area contributed by atoms with E-state index in [2.05, 4.69) is 4.98 Å². The Morgan fingerprint density at radius 3 is 2.10 bits per heavy atom. The van der Waals surface area contributed by atoms with Crippen LogP contribution in [0.1, 0.15) is 18.3 Å². The molecule has 0 fully saturated rings. The van der Waals surface area contributed by atoms with Crippen molar-refractivity contribution in [3.05, 3.63) is 44.4 Å². The Balaban J connectivity index is 2.11. The van der Waals surface area contributed by atoms with E-state index in [4.69, 9.17) is 14.2 Å². The fourth-order valence-corrected chi connectivity index (χ4v) is 3.10. The number of methoxy groups -OCH3 is 2. The molecule has 0 atom stereocenters. The van der Waals surface area contributed by atoms with Crippen molar-refractivity contribution in [2.24, 2.45) is 21.1 Å². The van der Waals surface area contributed by atoms with Crippen molar-refractivity contribution >= 4 is 29.3 Å². The summed E-state index contributed by atoms with van der Waals surface area (Å²) in [6.07, 6.45) is 3.44. The van der Waals surface area contributed by atoms with E-state index < -0.39 is 17.2 Å². The van der Waals surface area contributed by atoms with Crippen molar-refractivity contribution in [2.45, 2.75) is 6.92 Å². The van der Waals surface area contributed by atoms with Crippen LogP contribution >= 0.6 is 0 Å². The van der Waals surface area contributed by atoms with Gasteiger partial charge in [0.25, 0.3) is 5.56 Å². The number of ether oxygens (including phenoxy) is 3. The minimum absolute atomic E-state index is 0.186. The predicted molar refractivity (Wildman–Crippen MR) is 111 cm³/mol. The second-order valence-corrected chi connectivity index (χ2v) is 6.59. The van der Waals surface area contributed by atoms with Gasteiger partial charge in [0.05, 0.1) is 14.2 Å². The van der Waals surface area contributed by atoms with Gasteiger partial charge in [-0.25, -0.2) is 9.78 Å². The van der Waals surface area contributed by atoms with Crippen molar-refractivity contribution in [1.82, 2.24) is 18.7 Å². The predicted octanol–water partition coefficient (Wildman–Crippen LogP) is 1.08. The number of esters is 1. The van der Waals surface area contributed by atoms with Crippen molar-refractivity contribution in [2.75, 3.05) is 14.2 Å². The molecule has 0 N–H and O–H groups in total. The zero-order valence-electron chi connectivity index (χ0n) is 17.5. The van der Waals surface area contributed by atoms with E-state index >= 15 is 0 Å². The Hall–Kier alpha value is -3.82. The molecule has 3 rings (SSSR count). The maximum absolute atomic E-state index is 12.5. The highest BCUT2D eigenvalue weighted by atomic mass is 16.6. The van der Waals surface area contributed by atoms with E-state index in [1.165, 1.54) is 32.8 Å². The molecule has 0 spiro atoms. The summed E-state index contributed by atoms with van der Waals surface area (Å²) >= 11 is 0. The molecule has 30 heavy (non-hydrogen) atoms. The van der Waals surface area contributed by atoms with Crippen LogP contribution in [0.3, 0.4) is 0 Å². The Bertz CT molecular complexity index is 1270. The standard InChI is InChI=1S/C20H22N4O6/c1-11(25)30-17-13(28-5)9-12(10-14(17)29-6)7-8-15-21-18-16(22(15)2)19(26)24(4)20(27)23(18)3/h7-10H,1-6H3/b8-7+. The van der Waals surface area contributed by atoms with Crippen molar-refractivity contribution in [3.63, 3.8) is 0 Å². The number of carbonyl (C=O) groups is 1. The maximum atomic E-state index is 12.5. The minimum Gasteiger partial charge on any atom is -0.493 e. The Labute approximate surface area is 171 Å². The van der Waals surface area contributed by atoms with Gasteiger partial charge in [-0.2, -0.15) is 0 Å². The second kappa shape index (κ2) is 7.90. The van der Waals surface area contributed by atoms with E-state index in [1.807, 2.05) is 0 Å². The Morgan fingerprint density at radius 1 is 0.967 bits per heavy atom. The molecule has 0 bridgehead atoms. The molecule has 2 aromatic heterocycles. The molecular weight excluding hydrogens is 392 g/mol. The summed E-state index contributed by atoms with van der Waals surface area (Å²) in [5.74, 6) is 0.814. The molecule has 0 aliphatic heterocycles. The van der Waals surface area contributed by atoms with E-state index in [1.54, 1.807) is 42.9 Å². The summed E-state index contributed by atoms with van der Waals surface area (Å²) in [6, 6.07) is 3.35. The van der Waals surface area contributed by atoms with Gasteiger partial charge in [-0.05, 0) is 23.8 Å². The third kappa shape index (κ3) is 3.47. The van der Waals surface area contributed by atoms with Gasteiger partial charge in [0.2, 0.25) is 5.75 Å². The number of carbonyl (C=O) groups excluding carboxylic acids is 1.